The van der Waals surface area contributed by atoms with Gasteiger partial charge >= 0.3 is 0 Å². The molecule has 4 heteroatoms. The van der Waals surface area contributed by atoms with E-state index in [-0.39, 0.29) is 5.41 Å². The van der Waals surface area contributed by atoms with Gasteiger partial charge in [0, 0.05) is 10.8 Å². The zero-order valence-corrected chi connectivity index (χ0v) is 10.1. The van der Waals surface area contributed by atoms with E-state index in [4.69, 9.17) is 22.3 Å². The first-order chi connectivity index (χ1) is 8.25. The smallest absolute Gasteiger partial charge is 0.133 e. The van der Waals surface area contributed by atoms with Gasteiger partial charge in [-0.15, -0.1) is 0 Å². The highest BCUT2D eigenvalue weighted by atomic mass is 35.5. The number of para-hydroxylation sites is 1. The second-order valence-electron chi connectivity index (χ2n) is 4.61. The summed E-state index contributed by atoms with van der Waals surface area (Å²) in [6.07, 6.45) is 2.12. The number of aromatic nitrogens is 1. The third kappa shape index (κ3) is 1.80. The Morgan fingerprint density at radius 2 is 2.12 bits per heavy atom. The van der Waals surface area contributed by atoms with Crippen molar-refractivity contribution in [2.45, 2.75) is 18.3 Å². The van der Waals surface area contributed by atoms with E-state index < -0.39 is 0 Å². The highest BCUT2D eigenvalue weighted by molar-refractivity contribution is 6.30. The van der Waals surface area contributed by atoms with Crippen LogP contribution in [-0.4, -0.2) is 11.6 Å². The molecule has 1 fully saturated rings. The molecule has 88 valence electrons. The van der Waals surface area contributed by atoms with E-state index in [9.17, 15) is 0 Å². The number of rotatable bonds is 3. The van der Waals surface area contributed by atoms with Gasteiger partial charge in [-0.05, 0) is 30.5 Å². The third-order valence-corrected chi connectivity index (χ3v) is 3.75. The molecule has 0 bridgehead atoms. The zero-order valence-electron chi connectivity index (χ0n) is 9.32. The van der Waals surface area contributed by atoms with Crippen LogP contribution in [-0.2, 0) is 10.3 Å². The predicted molar refractivity (Wildman–Crippen MR) is 67.8 cm³/mol. The Morgan fingerprint density at radius 3 is 2.82 bits per heavy atom. The van der Waals surface area contributed by atoms with Crippen molar-refractivity contribution in [1.29, 1.82) is 0 Å². The molecule has 0 aliphatic heterocycles. The van der Waals surface area contributed by atoms with E-state index >= 15 is 0 Å². The van der Waals surface area contributed by atoms with E-state index in [2.05, 4.69) is 11.1 Å². The van der Waals surface area contributed by atoms with E-state index in [1.54, 1.807) is 0 Å². The van der Waals surface area contributed by atoms with Crippen molar-refractivity contribution in [1.82, 2.24) is 4.98 Å². The van der Waals surface area contributed by atoms with Crippen LogP contribution in [0.25, 0.3) is 10.9 Å². The zero-order chi connectivity index (χ0) is 11.9. The molecule has 0 spiro atoms. The fourth-order valence-corrected chi connectivity index (χ4v) is 2.61. The summed E-state index contributed by atoms with van der Waals surface area (Å²) in [6.45, 7) is 0.507. The van der Waals surface area contributed by atoms with Gasteiger partial charge in [-0.3, -0.25) is 0 Å². The minimum Gasteiger partial charge on any atom is -0.304 e. The van der Waals surface area contributed by atoms with Crippen molar-refractivity contribution in [3.05, 3.63) is 41.0 Å². The van der Waals surface area contributed by atoms with E-state index in [0.29, 0.717) is 11.8 Å². The Hall–Kier alpha value is -1.16. The Balaban J connectivity index is 2.14. The topological polar surface area (TPSA) is 48.1 Å². The van der Waals surface area contributed by atoms with Crippen molar-refractivity contribution in [2.75, 3.05) is 6.61 Å². The van der Waals surface area contributed by atoms with Gasteiger partial charge < -0.3 is 4.84 Å². The molecular weight excluding hydrogens is 236 g/mol. The monoisotopic (exact) mass is 248 g/mol. The Labute approximate surface area is 104 Å². The van der Waals surface area contributed by atoms with Gasteiger partial charge in [-0.2, -0.15) is 0 Å². The predicted octanol–water partition coefficient (Wildman–Crippen LogP) is 2.81. The maximum absolute atomic E-state index is 6.26. The molecular formula is C13H13ClN2O. The summed E-state index contributed by atoms with van der Waals surface area (Å²) in [5, 5.41) is 1.67. The lowest BCUT2D eigenvalue weighted by molar-refractivity contribution is 0.116. The first-order valence-corrected chi connectivity index (χ1v) is 6.00. The molecule has 0 atom stereocenters. The van der Waals surface area contributed by atoms with Gasteiger partial charge in [0.1, 0.15) is 5.15 Å². The number of nitrogens with zero attached hydrogens (tertiary/aromatic N) is 1. The van der Waals surface area contributed by atoms with Crippen molar-refractivity contribution >= 4 is 22.5 Å². The summed E-state index contributed by atoms with van der Waals surface area (Å²) in [5.74, 6) is 5.19. The van der Waals surface area contributed by atoms with Crippen LogP contribution in [0.5, 0.6) is 0 Å². The van der Waals surface area contributed by atoms with Crippen LogP contribution in [0.4, 0.5) is 0 Å². The molecule has 3 nitrogen and oxygen atoms in total. The van der Waals surface area contributed by atoms with Crippen LogP contribution < -0.4 is 5.90 Å². The van der Waals surface area contributed by atoms with Gasteiger partial charge in [0.15, 0.2) is 0 Å². The highest BCUT2D eigenvalue weighted by Crippen LogP contribution is 2.50. The highest BCUT2D eigenvalue weighted by Gasteiger charge is 2.46. The molecule has 0 unspecified atom stereocenters. The molecule has 2 N–H and O–H groups in total. The number of hydrogen-bond donors (Lipinski definition) is 1. The number of halogens is 1. The molecule has 17 heavy (non-hydrogen) atoms. The number of pyridine rings is 1. The lowest BCUT2D eigenvalue weighted by Crippen LogP contribution is -2.18. The van der Waals surface area contributed by atoms with Crippen LogP contribution in [0.15, 0.2) is 30.3 Å². The maximum atomic E-state index is 6.26. The molecule has 2 aromatic rings. The first kappa shape index (κ1) is 11.0. The molecule has 1 aromatic carbocycles. The largest absolute Gasteiger partial charge is 0.304 e. The van der Waals surface area contributed by atoms with Crippen LogP contribution in [0.1, 0.15) is 18.4 Å². The fourth-order valence-electron chi connectivity index (χ4n) is 2.27. The summed E-state index contributed by atoms with van der Waals surface area (Å²) in [7, 11) is 0. The summed E-state index contributed by atoms with van der Waals surface area (Å²) in [4.78, 5) is 9.24. The lowest BCUT2D eigenvalue weighted by atomic mass is 9.97. The van der Waals surface area contributed by atoms with E-state index in [1.165, 1.54) is 0 Å². The van der Waals surface area contributed by atoms with Crippen molar-refractivity contribution < 1.29 is 4.84 Å². The SMILES string of the molecule is NOCC1(c2cc3ccccc3nc2Cl)CC1. The van der Waals surface area contributed by atoms with Gasteiger partial charge in [0.2, 0.25) is 0 Å². The standard InChI is InChI=1S/C13H13ClN2O/c14-12-10(13(5-6-13)8-17-15)7-9-3-1-2-4-11(9)16-12/h1-4,7H,5-6,8,15H2. The quantitative estimate of drug-likeness (QED) is 0.671. The van der Waals surface area contributed by atoms with Crippen LogP contribution in [0, 0.1) is 0 Å². The average molecular weight is 249 g/mol. The van der Waals surface area contributed by atoms with Gasteiger partial charge in [0.05, 0.1) is 12.1 Å². The normalized spacial score (nSPS) is 17.3. The van der Waals surface area contributed by atoms with Gasteiger partial charge in [0.25, 0.3) is 0 Å². The van der Waals surface area contributed by atoms with Gasteiger partial charge in [-0.1, -0.05) is 29.8 Å². The maximum Gasteiger partial charge on any atom is 0.133 e. The summed E-state index contributed by atoms with van der Waals surface area (Å²) < 4.78 is 0. The summed E-state index contributed by atoms with van der Waals surface area (Å²) in [5.41, 5.74) is 1.97. The Kier molecular flexibility index (Phi) is 2.54. The number of nitrogens with two attached hydrogens (primary N) is 1. The number of hydrogen-bond acceptors (Lipinski definition) is 3. The van der Waals surface area contributed by atoms with Crippen molar-refractivity contribution in [2.24, 2.45) is 5.90 Å². The minimum atomic E-state index is -0.0110. The van der Waals surface area contributed by atoms with Gasteiger partial charge in [-0.25, -0.2) is 10.9 Å². The van der Waals surface area contributed by atoms with Crippen LogP contribution in [0.3, 0.4) is 0 Å². The summed E-state index contributed by atoms with van der Waals surface area (Å²) in [6, 6.07) is 10.1. The minimum absolute atomic E-state index is 0.0110. The van der Waals surface area contributed by atoms with Crippen molar-refractivity contribution in [3.8, 4) is 0 Å². The number of benzene rings is 1. The van der Waals surface area contributed by atoms with Crippen LogP contribution >= 0.6 is 11.6 Å². The second kappa shape index (κ2) is 3.95. The van der Waals surface area contributed by atoms with Crippen molar-refractivity contribution in [3.63, 3.8) is 0 Å². The number of fused-ring (bicyclic) bond motifs is 1. The molecule has 0 saturated heterocycles. The Morgan fingerprint density at radius 1 is 1.35 bits per heavy atom. The Bertz CT molecular complexity index is 566. The van der Waals surface area contributed by atoms with E-state index in [1.807, 2.05) is 24.3 Å². The second-order valence-corrected chi connectivity index (χ2v) is 4.97. The van der Waals surface area contributed by atoms with E-state index in [0.717, 1.165) is 29.3 Å². The molecule has 1 aliphatic rings. The van der Waals surface area contributed by atoms with Crippen LogP contribution in [0.2, 0.25) is 5.15 Å². The molecule has 1 saturated carbocycles. The molecule has 0 radical (unpaired) electrons. The third-order valence-electron chi connectivity index (χ3n) is 3.46. The lowest BCUT2D eigenvalue weighted by Gasteiger charge is -2.15. The molecule has 3 rings (SSSR count). The first-order valence-electron chi connectivity index (χ1n) is 5.63. The molecule has 1 aromatic heterocycles. The summed E-state index contributed by atoms with van der Waals surface area (Å²) >= 11 is 6.26. The molecule has 1 heterocycles. The molecule has 1 aliphatic carbocycles. The average Bonchev–Trinajstić information content (AvgIpc) is 3.09. The fraction of sp³-hybridized carbons (Fsp3) is 0.308. The molecule has 0 amide bonds.